The molecule has 4 nitrogen and oxygen atoms in total. The predicted octanol–water partition coefficient (Wildman–Crippen LogP) is 4.26. The normalized spacial score (nSPS) is 11.7. The van der Waals surface area contributed by atoms with Crippen molar-refractivity contribution in [2.24, 2.45) is 0 Å². The molecule has 2 aromatic carbocycles. The van der Waals surface area contributed by atoms with Gasteiger partial charge < -0.3 is 5.32 Å². The first-order valence-corrected chi connectivity index (χ1v) is 8.46. The fourth-order valence-corrected chi connectivity index (χ4v) is 3.11. The van der Waals surface area contributed by atoms with Gasteiger partial charge in [0, 0.05) is 18.1 Å². The molecule has 1 aromatic heterocycles. The van der Waals surface area contributed by atoms with Gasteiger partial charge in [-0.15, -0.1) is 0 Å². The van der Waals surface area contributed by atoms with Crippen LogP contribution in [0.15, 0.2) is 78.2 Å². The molecule has 120 valence electrons. The smallest absolute Gasteiger partial charge is 0.242 e. The van der Waals surface area contributed by atoms with Crippen LogP contribution in [0.3, 0.4) is 0 Å². The summed E-state index contributed by atoms with van der Waals surface area (Å²) in [4.78, 5) is 21.2. The number of aryl methyl sites for hydroxylation is 1. The number of nitrogens with one attached hydrogen (secondary N) is 1. The summed E-state index contributed by atoms with van der Waals surface area (Å²) in [5.74, 6) is -0.0949. The zero-order chi connectivity index (χ0) is 16.8. The van der Waals surface area contributed by atoms with Gasteiger partial charge in [-0.3, -0.25) is 4.79 Å². The Balaban J connectivity index is 1.83. The van der Waals surface area contributed by atoms with E-state index in [9.17, 15) is 4.79 Å². The minimum Gasteiger partial charge on any atom is -0.325 e. The summed E-state index contributed by atoms with van der Waals surface area (Å²) in [6.45, 7) is 2.01. The van der Waals surface area contributed by atoms with E-state index in [0.29, 0.717) is 5.16 Å². The molecule has 1 heterocycles. The Labute approximate surface area is 145 Å². The Morgan fingerprint density at radius 3 is 2.29 bits per heavy atom. The highest BCUT2D eigenvalue weighted by Gasteiger charge is 2.23. The molecular weight excluding hydrogens is 318 g/mol. The van der Waals surface area contributed by atoms with E-state index >= 15 is 0 Å². The molecule has 3 rings (SSSR count). The minimum atomic E-state index is -0.421. The predicted molar refractivity (Wildman–Crippen MR) is 96.9 cm³/mol. The molecule has 1 amide bonds. The molecule has 1 N–H and O–H groups in total. The lowest BCUT2D eigenvalue weighted by molar-refractivity contribution is -0.115. The third kappa shape index (κ3) is 4.20. The maximum Gasteiger partial charge on any atom is 0.242 e. The van der Waals surface area contributed by atoms with Gasteiger partial charge >= 0.3 is 0 Å². The first-order chi connectivity index (χ1) is 11.7. The van der Waals surface area contributed by atoms with Crippen molar-refractivity contribution in [3.63, 3.8) is 0 Å². The molecule has 24 heavy (non-hydrogen) atoms. The van der Waals surface area contributed by atoms with Gasteiger partial charge in [-0.25, -0.2) is 9.97 Å². The molecule has 0 fully saturated rings. The van der Waals surface area contributed by atoms with Crippen LogP contribution in [0.4, 0.5) is 5.69 Å². The number of nitrogens with zero attached hydrogens (tertiary/aromatic N) is 2. The lowest BCUT2D eigenvalue weighted by Gasteiger charge is -2.16. The number of benzene rings is 2. The first-order valence-electron chi connectivity index (χ1n) is 7.58. The lowest BCUT2D eigenvalue weighted by Crippen LogP contribution is -2.19. The van der Waals surface area contributed by atoms with E-state index < -0.39 is 5.25 Å². The molecule has 0 spiro atoms. The van der Waals surface area contributed by atoms with Crippen LogP contribution in [0.2, 0.25) is 0 Å². The number of hydrogen-bond acceptors (Lipinski definition) is 4. The Bertz CT molecular complexity index is 792. The number of thioether (sulfide) groups is 1. The molecule has 0 aliphatic rings. The number of rotatable bonds is 5. The molecule has 0 aliphatic heterocycles. The van der Waals surface area contributed by atoms with Crippen molar-refractivity contribution in [3.8, 4) is 0 Å². The number of aromatic nitrogens is 2. The first kappa shape index (κ1) is 16.2. The van der Waals surface area contributed by atoms with Gasteiger partial charge in [-0.2, -0.15) is 0 Å². The fourth-order valence-electron chi connectivity index (χ4n) is 2.20. The van der Waals surface area contributed by atoms with Gasteiger partial charge in [-0.1, -0.05) is 59.8 Å². The van der Waals surface area contributed by atoms with Crippen LogP contribution >= 0.6 is 11.8 Å². The van der Waals surface area contributed by atoms with E-state index in [-0.39, 0.29) is 5.91 Å². The SMILES string of the molecule is Cc1ccc(NC(=O)C(Sc2ncccn2)c2ccccc2)cc1. The topological polar surface area (TPSA) is 54.9 Å². The largest absolute Gasteiger partial charge is 0.325 e. The van der Waals surface area contributed by atoms with Crippen molar-refractivity contribution in [2.75, 3.05) is 5.32 Å². The molecule has 0 radical (unpaired) electrons. The van der Waals surface area contributed by atoms with E-state index in [0.717, 1.165) is 16.8 Å². The minimum absolute atomic E-state index is 0.0949. The van der Waals surface area contributed by atoms with E-state index in [4.69, 9.17) is 0 Å². The lowest BCUT2D eigenvalue weighted by atomic mass is 10.1. The van der Waals surface area contributed by atoms with Crippen molar-refractivity contribution in [3.05, 3.63) is 84.2 Å². The third-order valence-electron chi connectivity index (χ3n) is 3.42. The molecule has 0 bridgehead atoms. The number of carbonyl (C=O) groups excluding carboxylic acids is 1. The van der Waals surface area contributed by atoms with Crippen LogP contribution < -0.4 is 5.32 Å². The maximum atomic E-state index is 12.8. The van der Waals surface area contributed by atoms with Crippen LogP contribution in [0.25, 0.3) is 0 Å². The van der Waals surface area contributed by atoms with Crippen LogP contribution in [-0.4, -0.2) is 15.9 Å². The van der Waals surface area contributed by atoms with Crippen LogP contribution in [-0.2, 0) is 4.79 Å². The second-order valence-corrected chi connectivity index (χ2v) is 6.37. The van der Waals surface area contributed by atoms with Gasteiger partial charge in [0.05, 0.1) is 0 Å². The second kappa shape index (κ2) is 7.75. The second-order valence-electron chi connectivity index (χ2n) is 5.30. The zero-order valence-corrected chi connectivity index (χ0v) is 14.0. The molecule has 1 unspecified atom stereocenters. The highest BCUT2D eigenvalue weighted by atomic mass is 32.2. The Morgan fingerprint density at radius 2 is 1.62 bits per heavy atom. The average Bonchev–Trinajstić information content (AvgIpc) is 2.63. The van der Waals surface area contributed by atoms with Gasteiger partial charge in [0.15, 0.2) is 5.16 Å². The number of hydrogen-bond donors (Lipinski definition) is 1. The van der Waals surface area contributed by atoms with Gasteiger partial charge in [0.1, 0.15) is 5.25 Å². The van der Waals surface area contributed by atoms with Crippen LogP contribution in [0, 0.1) is 6.92 Å². The van der Waals surface area contributed by atoms with Gasteiger partial charge in [0.2, 0.25) is 5.91 Å². The molecule has 5 heteroatoms. The summed E-state index contributed by atoms with van der Waals surface area (Å²) in [7, 11) is 0. The number of carbonyl (C=O) groups is 1. The molecule has 1 atom stereocenters. The zero-order valence-electron chi connectivity index (χ0n) is 13.2. The van der Waals surface area contributed by atoms with E-state index in [1.807, 2.05) is 61.5 Å². The van der Waals surface area contributed by atoms with E-state index in [2.05, 4.69) is 15.3 Å². The standard InChI is InChI=1S/C19H17N3OS/c1-14-8-10-16(11-9-14)22-18(23)17(15-6-3-2-4-7-15)24-19-20-12-5-13-21-19/h2-13,17H,1H3,(H,22,23). The van der Waals surface area contributed by atoms with Crippen molar-refractivity contribution in [1.82, 2.24) is 9.97 Å². The van der Waals surface area contributed by atoms with E-state index in [1.54, 1.807) is 18.5 Å². The van der Waals surface area contributed by atoms with Crippen molar-refractivity contribution < 1.29 is 4.79 Å². The number of amides is 1. The monoisotopic (exact) mass is 335 g/mol. The van der Waals surface area contributed by atoms with Crippen molar-refractivity contribution >= 4 is 23.4 Å². The Hall–Kier alpha value is -2.66. The maximum absolute atomic E-state index is 12.8. The van der Waals surface area contributed by atoms with Crippen molar-refractivity contribution in [1.29, 1.82) is 0 Å². The summed E-state index contributed by atoms with van der Waals surface area (Å²) >= 11 is 1.34. The van der Waals surface area contributed by atoms with Crippen LogP contribution in [0.5, 0.6) is 0 Å². The summed E-state index contributed by atoms with van der Waals surface area (Å²) in [6, 6.07) is 19.2. The van der Waals surface area contributed by atoms with Crippen LogP contribution in [0.1, 0.15) is 16.4 Å². The molecular formula is C19H17N3OS. The highest BCUT2D eigenvalue weighted by molar-refractivity contribution is 8.00. The Kier molecular flexibility index (Phi) is 5.23. The van der Waals surface area contributed by atoms with Crippen molar-refractivity contribution in [2.45, 2.75) is 17.3 Å². The summed E-state index contributed by atoms with van der Waals surface area (Å²) in [5, 5.41) is 3.13. The fraction of sp³-hybridized carbons (Fsp3) is 0.105. The quantitative estimate of drug-likeness (QED) is 0.559. The molecule has 0 saturated carbocycles. The van der Waals surface area contributed by atoms with E-state index in [1.165, 1.54) is 11.8 Å². The molecule has 0 saturated heterocycles. The highest BCUT2D eigenvalue weighted by Crippen LogP contribution is 2.34. The summed E-state index contributed by atoms with van der Waals surface area (Å²) < 4.78 is 0. The molecule has 3 aromatic rings. The Morgan fingerprint density at radius 1 is 0.958 bits per heavy atom. The summed E-state index contributed by atoms with van der Waals surface area (Å²) in [6.07, 6.45) is 3.35. The van der Waals surface area contributed by atoms with Gasteiger partial charge in [0.25, 0.3) is 0 Å². The number of anilines is 1. The summed E-state index contributed by atoms with van der Waals surface area (Å²) in [5.41, 5.74) is 2.85. The third-order valence-corrected chi connectivity index (χ3v) is 4.57. The van der Waals surface area contributed by atoms with Gasteiger partial charge in [-0.05, 0) is 30.7 Å². The molecule has 0 aliphatic carbocycles. The average molecular weight is 335 g/mol.